The zero-order valence-corrected chi connectivity index (χ0v) is 21.7. The van der Waals surface area contributed by atoms with E-state index in [0.29, 0.717) is 25.6 Å². The van der Waals surface area contributed by atoms with E-state index in [1.807, 2.05) is 6.07 Å². The van der Waals surface area contributed by atoms with E-state index in [1.165, 1.54) is 5.56 Å². The van der Waals surface area contributed by atoms with Gasteiger partial charge in [0.25, 0.3) is 0 Å². The SMILES string of the molecule is CC[Si](CC)(CC)OC(C)(C)[C@@H]1CC[C@]2(COCc3ccccc3)C[C@@H]3O[C@]12CCC3=O. The van der Waals surface area contributed by atoms with Crippen molar-refractivity contribution in [2.75, 3.05) is 6.61 Å². The molecule has 1 aliphatic carbocycles. The summed E-state index contributed by atoms with van der Waals surface area (Å²) in [6, 6.07) is 13.8. The summed E-state index contributed by atoms with van der Waals surface area (Å²) in [4.78, 5) is 12.7. The molecule has 4 atom stereocenters. The number of carbonyl (C=O) groups excluding carboxylic acids is 1. The molecule has 0 radical (unpaired) electrons. The Bertz CT molecular complexity index is 797. The van der Waals surface area contributed by atoms with Crippen LogP contribution in [-0.4, -0.2) is 38.0 Å². The summed E-state index contributed by atoms with van der Waals surface area (Å²) in [6.07, 6.45) is 4.15. The number of Topliss-reactive ketones (excluding diaryl/α,β-unsaturated/α-hetero) is 1. The van der Waals surface area contributed by atoms with Gasteiger partial charge >= 0.3 is 0 Å². The smallest absolute Gasteiger partial charge is 0.192 e. The number of carbonyl (C=O) groups is 1. The van der Waals surface area contributed by atoms with Crippen LogP contribution in [0.3, 0.4) is 0 Å². The Morgan fingerprint density at radius 3 is 2.44 bits per heavy atom. The minimum absolute atomic E-state index is 0.0846. The molecule has 5 heteroatoms. The number of benzene rings is 1. The normalized spacial score (nSPS) is 32.3. The summed E-state index contributed by atoms with van der Waals surface area (Å²) in [6.45, 7) is 12.8. The Labute approximate surface area is 195 Å². The number of fused-ring (bicyclic) bond motifs is 1. The van der Waals surface area contributed by atoms with Crippen molar-refractivity contribution in [2.24, 2.45) is 11.3 Å². The molecule has 2 saturated heterocycles. The molecule has 4 nitrogen and oxygen atoms in total. The molecule has 0 N–H and O–H groups in total. The van der Waals surface area contributed by atoms with Gasteiger partial charge in [-0.25, -0.2) is 0 Å². The second kappa shape index (κ2) is 8.97. The predicted octanol–water partition coefficient (Wildman–Crippen LogP) is 6.29. The molecule has 4 rings (SSSR count). The fourth-order valence-electron chi connectivity index (χ4n) is 7.21. The van der Waals surface area contributed by atoms with Crippen molar-refractivity contribution in [3.8, 4) is 0 Å². The van der Waals surface area contributed by atoms with Crippen LogP contribution in [0.2, 0.25) is 18.1 Å². The molecule has 0 unspecified atom stereocenters. The Balaban J connectivity index is 1.59. The molecule has 1 saturated carbocycles. The third-order valence-electron chi connectivity index (χ3n) is 9.14. The van der Waals surface area contributed by atoms with Gasteiger partial charge in [-0.1, -0.05) is 51.1 Å². The standard InChI is InChI=1S/C27H42O4Si/c1-6-32(7-2,8-3)31-25(4,5)24-15-16-26(20-29-19-21-12-10-9-11-13-21)18-23-22(28)14-17-27(24,26)30-23/h9-13,23-24H,6-8,14-20H2,1-5H3/t23-,24-,26+,27+/m0/s1. The number of rotatable bonds is 10. The van der Waals surface area contributed by atoms with Gasteiger partial charge in [-0.2, -0.15) is 0 Å². The number of hydrogen-bond donors (Lipinski definition) is 0. The summed E-state index contributed by atoms with van der Waals surface area (Å²) in [5, 5.41) is 0. The Kier molecular flexibility index (Phi) is 6.76. The lowest BCUT2D eigenvalue weighted by atomic mass is 9.67. The predicted molar refractivity (Wildman–Crippen MR) is 130 cm³/mol. The van der Waals surface area contributed by atoms with Crippen LogP contribution in [0.25, 0.3) is 0 Å². The third-order valence-corrected chi connectivity index (χ3v) is 14.0. The van der Waals surface area contributed by atoms with Crippen molar-refractivity contribution in [2.45, 2.75) is 109 Å². The van der Waals surface area contributed by atoms with Crippen LogP contribution < -0.4 is 0 Å². The average Bonchev–Trinajstić information content (AvgIpc) is 3.23. The number of hydrogen-bond acceptors (Lipinski definition) is 4. The molecule has 3 fully saturated rings. The van der Waals surface area contributed by atoms with Crippen LogP contribution >= 0.6 is 0 Å². The van der Waals surface area contributed by atoms with Crippen molar-refractivity contribution >= 4 is 14.1 Å². The summed E-state index contributed by atoms with van der Waals surface area (Å²) in [5.74, 6) is 0.578. The van der Waals surface area contributed by atoms with E-state index >= 15 is 0 Å². The van der Waals surface area contributed by atoms with Gasteiger partial charge in [0.1, 0.15) is 6.10 Å². The second-order valence-electron chi connectivity index (χ2n) is 11.0. The van der Waals surface area contributed by atoms with Crippen molar-refractivity contribution in [1.29, 1.82) is 0 Å². The fraction of sp³-hybridized carbons (Fsp3) is 0.741. The fourth-order valence-corrected chi connectivity index (χ4v) is 10.4. The molecular weight excluding hydrogens is 416 g/mol. The maximum Gasteiger partial charge on any atom is 0.192 e. The van der Waals surface area contributed by atoms with Crippen molar-refractivity contribution in [3.05, 3.63) is 35.9 Å². The highest BCUT2D eigenvalue weighted by Crippen LogP contribution is 2.66. The highest BCUT2D eigenvalue weighted by atomic mass is 28.4. The summed E-state index contributed by atoms with van der Waals surface area (Å²) in [7, 11) is -1.77. The van der Waals surface area contributed by atoms with E-state index in [1.54, 1.807) is 0 Å². The molecule has 32 heavy (non-hydrogen) atoms. The van der Waals surface area contributed by atoms with Crippen LogP contribution in [-0.2, 0) is 25.3 Å². The van der Waals surface area contributed by atoms with Crippen molar-refractivity contribution in [1.82, 2.24) is 0 Å². The molecule has 178 valence electrons. The van der Waals surface area contributed by atoms with Gasteiger partial charge < -0.3 is 13.9 Å². The van der Waals surface area contributed by atoms with Gasteiger partial charge in [0.15, 0.2) is 14.1 Å². The third kappa shape index (κ3) is 3.93. The molecule has 3 aliphatic rings. The first kappa shape index (κ1) is 24.1. The molecule has 0 aromatic heterocycles. The molecule has 2 aliphatic heterocycles. The Morgan fingerprint density at radius 1 is 1.09 bits per heavy atom. The van der Waals surface area contributed by atoms with E-state index in [9.17, 15) is 4.79 Å². The molecule has 1 aromatic carbocycles. The maximum absolute atomic E-state index is 12.7. The van der Waals surface area contributed by atoms with Gasteiger partial charge in [-0.3, -0.25) is 4.79 Å². The van der Waals surface area contributed by atoms with Crippen LogP contribution in [0, 0.1) is 11.3 Å². The molecule has 2 bridgehead atoms. The summed E-state index contributed by atoms with van der Waals surface area (Å²) < 4.78 is 20.2. The maximum atomic E-state index is 12.7. The van der Waals surface area contributed by atoms with Gasteiger partial charge in [0, 0.05) is 17.8 Å². The number of ether oxygens (including phenoxy) is 2. The van der Waals surface area contributed by atoms with Gasteiger partial charge in [-0.05, 0) is 63.2 Å². The monoisotopic (exact) mass is 458 g/mol. The Morgan fingerprint density at radius 2 is 1.78 bits per heavy atom. The topological polar surface area (TPSA) is 44.8 Å². The van der Waals surface area contributed by atoms with Crippen molar-refractivity contribution in [3.63, 3.8) is 0 Å². The zero-order valence-electron chi connectivity index (χ0n) is 20.7. The van der Waals surface area contributed by atoms with Crippen LogP contribution in [0.4, 0.5) is 0 Å². The van der Waals surface area contributed by atoms with E-state index < -0.39 is 8.32 Å². The first-order valence-corrected chi connectivity index (χ1v) is 15.3. The Hall–Kier alpha value is -1.01. The summed E-state index contributed by atoms with van der Waals surface area (Å²) in [5.41, 5.74) is 0.545. The van der Waals surface area contributed by atoms with E-state index in [2.05, 4.69) is 58.9 Å². The largest absolute Gasteiger partial charge is 0.412 e. The van der Waals surface area contributed by atoms with E-state index in [0.717, 1.165) is 43.8 Å². The van der Waals surface area contributed by atoms with E-state index in [4.69, 9.17) is 13.9 Å². The minimum Gasteiger partial charge on any atom is -0.412 e. The van der Waals surface area contributed by atoms with Crippen molar-refractivity contribution < 1.29 is 18.7 Å². The quantitative estimate of drug-likeness (QED) is 0.386. The van der Waals surface area contributed by atoms with Gasteiger partial charge in [0.2, 0.25) is 0 Å². The number of ketones is 1. The molecular formula is C27H42O4Si. The summed E-state index contributed by atoms with van der Waals surface area (Å²) >= 11 is 0. The second-order valence-corrected chi connectivity index (χ2v) is 15.7. The lowest BCUT2D eigenvalue weighted by Crippen LogP contribution is -2.58. The zero-order chi connectivity index (χ0) is 23.0. The van der Waals surface area contributed by atoms with Crippen LogP contribution in [0.15, 0.2) is 30.3 Å². The molecule has 1 spiro atoms. The average molecular weight is 459 g/mol. The minimum atomic E-state index is -1.77. The highest BCUT2D eigenvalue weighted by molar-refractivity contribution is 6.73. The first-order valence-electron chi connectivity index (χ1n) is 12.8. The van der Waals surface area contributed by atoms with E-state index in [-0.39, 0.29) is 28.5 Å². The van der Waals surface area contributed by atoms with Gasteiger partial charge in [0.05, 0.1) is 24.4 Å². The molecule has 1 aromatic rings. The molecule has 2 heterocycles. The highest BCUT2D eigenvalue weighted by Gasteiger charge is 2.71. The first-order chi connectivity index (χ1) is 15.3. The van der Waals surface area contributed by atoms with Crippen LogP contribution in [0.5, 0.6) is 0 Å². The van der Waals surface area contributed by atoms with Crippen LogP contribution in [0.1, 0.15) is 72.3 Å². The lowest BCUT2D eigenvalue weighted by molar-refractivity contribution is -0.182. The lowest BCUT2D eigenvalue weighted by Gasteiger charge is -2.51. The van der Waals surface area contributed by atoms with Gasteiger partial charge in [-0.15, -0.1) is 0 Å². The molecule has 0 amide bonds.